The maximum absolute atomic E-state index is 10.7. The Morgan fingerprint density at radius 1 is 1.43 bits per heavy atom. The van der Waals surface area contributed by atoms with E-state index in [1.807, 2.05) is 19.1 Å². The highest BCUT2D eigenvalue weighted by Crippen LogP contribution is 2.22. The highest BCUT2D eigenvalue weighted by molar-refractivity contribution is 5.54. The lowest BCUT2D eigenvalue weighted by Crippen LogP contribution is -2.13. The van der Waals surface area contributed by atoms with E-state index >= 15 is 0 Å². The minimum absolute atomic E-state index is 0.105. The molecule has 14 heavy (non-hydrogen) atoms. The SMILES string of the molecule is C=CC=CC=C(C)C(CC)C(C)C=O. The Bertz CT molecular complexity index is 236. The van der Waals surface area contributed by atoms with Gasteiger partial charge in [-0.05, 0) is 19.3 Å². The highest BCUT2D eigenvalue weighted by Gasteiger charge is 2.15. The Labute approximate surface area is 87.2 Å². The van der Waals surface area contributed by atoms with E-state index in [0.717, 1.165) is 12.7 Å². The number of carbonyl (C=O) groups excluding carboxylic acids is 1. The van der Waals surface area contributed by atoms with E-state index in [2.05, 4.69) is 26.5 Å². The first-order chi connectivity index (χ1) is 6.67. The second kappa shape index (κ2) is 7.31. The van der Waals surface area contributed by atoms with Crippen molar-refractivity contribution in [1.29, 1.82) is 0 Å². The first kappa shape index (κ1) is 12.9. The van der Waals surface area contributed by atoms with E-state index < -0.39 is 0 Å². The molecule has 1 heteroatoms. The van der Waals surface area contributed by atoms with Crippen LogP contribution in [-0.4, -0.2) is 6.29 Å². The van der Waals surface area contributed by atoms with Crippen molar-refractivity contribution in [3.8, 4) is 0 Å². The molecule has 1 nitrogen and oxygen atoms in total. The molecule has 0 saturated heterocycles. The summed E-state index contributed by atoms with van der Waals surface area (Å²) in [5.41, 5.74) is 1.25. The fourth-order valence-corrected chi connectivity index (χ4v) is 1.61. The van der Waals surface area contributed by atoms with Gasteiger partial charge in [0.1, 0.15) is 6.29 Å². The Morgan fingerprint density at radius 2 is 2.07 bits per heavy atom. The van der Waals surface area contributed by atoms with Gasteiger partial charge in [0.25, 0.3) is 0 Å². The average molecular weight is 192 g/mol. The summed E-state index contributed by atoms with van der Waals surface area (Å²) in [5.74, 6) is 0.468. The van der Waals surface area contributed by atoms with Crippen molar-refractivity contribution < 1.29 is 4.79 Å². The summed E-state index contributed by atoms with van der Waals surface area (Å²) in [5, 5.41) is 0. The third kappa shape index (κ3) is 4.22. The predicted molar refractivity (Wildman–Crippen MR) is 62.1 cm³/mol. The van der Waals surface area contributed by atoms with Gasteiger partial charge in [0.2, 0.25) is 0 Å². The molecule has 78 valence electrons. The fourth-order valence-electron chi connectivity index (χ4n) is 1.61. The molecular formula is C13H20O. The van der Waals surface area contributed by atoms with Crippen molar-refractivity contribution in [2.45, 2.75) is 27.2 Å². The number of hydrogen-bond donors (Lipinski definition) is 0. The second-order valence-corrected chi connectivity index (χ2v) is 3.54. The summed E-state index contributed by atoms with van der Waals surface area (Å²) < 4.78 is 0. The molecule has 0 fully saturated rings. The summed E-state index contributed by atoms with van der Waals surface area (Å²) in [6.45, 7) is 9.75. The van der Waals surface area contributed by atoms with Crippen molar-refractivity contribution in [1.82, 2.24) is 0 Å². The van der Waals surface area contributed by atoms with Gasteiger partial charge >= 0.3 is 0 Å². The first-order valence-electron chi connectivity index (χ1n) is 5.08. The van der Waals surface area contributed by atoms with Gasteiger partial charge < -0.3 is 4.79 Å². The Morgan fingerprint density at radius 3 is 2.50 bits per heavy atom. The molecule has 0 spiro atoms. The van der Waals surface area contributed by atoms with Crippen LogP contribution in [0, 0.1) is 11.8 Å². The van der Waals surface area contributed by atoms with Crippen LogP contribution in [-0.2, 0) is 4.79 Å². The molecule has 0 bridgehead atoms. The number of carbonyl (C=O) groups is 1. The van der Waals surface area contributed by atoms with Gasteiger partial charge in [-0.3, -0.25) is 0 Å². The van der Waals surface area contributed by atoms with E-state index in [-0.39, 0.29) is 5.92 Å². The van der Waals surface area contributed by atoms with Gasteiger partial charge in [0, 0.05) is 5.92 Å². The molecule has 0 radical (unpaired) electrons. The molecule has 0 aliphatic carbocycles. The van der Waals surface area contributed by atoms with Crippen molar-refractivity contribution in [3.63, 3.8) is 0 Å². The van der Waals surface area contributed by atoms with Gasteiger partial charge in [-0.2, -0.15) is 0 Å². The van der Waals surface area contributed by atoms with Crippen LogP contribution in [0.2, 0.25) is 0 Å². The molecule has 0 N–H and O–H groups in total. The molecule has 0 amide bonds. The van der Waals surface area contributed by atoms with Gasteiger partial charge in [0.05, 0.1) is 0 Å². The molecule has 0 aromatic rings. The van der Waals surface area contributed by atoms with Gasteiger partial charge in [-0.15, -0.1) is 0 Å². The molecule has 2 unspecified atom stereocenters. The molecule has 0 saturated carbocycles. The largest absolute Gasteiger partial charge is 0.303 e. The van der Waals surface area contributed by atoms with Gasteiger partial charge in [-0.25, -0.2) is 0 Å². The van der Waals surface area contributed by atoms with Crippen LogP contribution in [0.15, 0.2) is 36.5 Å². The van der Waals surface area contributed by atoms with Crippen LogP contribution in [0.25, 0.3) is 0 Å². The first-order valence-corrected chi connectivity index (χ1v) is 5.08. The molecule has 2 atom stereocenters. The molecule has 0 rings (SSSR count). The lowest BCUT2D eigenvalue weighted by Gasteiger charge is -2.18. The van der Waals surface area contributed by atoms with E-state index in [0.29, 0.717) is 5.92 Å². The van der Waals surface area contributed by atoms with Crippen LogP contribution in [0.4, 0.5) is 0 Å². The molecule has 0 aliphatic heterocycles. The zero-order valence-electron chi connectivity index (χ0n) is 9.36. The standard InChI is InChI=1S/C13H20O/c1-5-7-8-9-11(3)13(6-2)12(4)10-14/h5,7-10,12-13H,1,6H2,2-4H3. The fraction of sp³-hybridized carbons (Fsp3) is 0.462. The van der Waals surface area contributed by atoms with Crippen LogP contribution in [0.3, 0.4) is 0 Å². The van der Waals surface area contributed by atoms with Crippen molar-refractivity contribution >= 4 is 6.29 Å². The third-order valence-corrected chi connectivity index (χ3v) is 2.48. The lowest BCUT2D eigenvalue weighted by atomic mass is 9.86. The zero-order chi connectivity index (χ0) is 11.0. The average Bonchev–Trinajstić information content (AvgIpc) is 2.19. The van der Waals surface area contributed by atoms with Crippen LogP contribution in [0.5, 0.6) is 0 Å². The maximum atomic E-state index is 10.7. The Balaban J connectivity index is 4.51. The molecule has 0 aromatic heterocycles. The highest BCUT2D eigenvalue weighted by atomic mass is 16.1. The monoisotopic (exact) mass is 192 g/mol. The molecular weight excluding hydrogens is 172 g/mol. The molecule has 0 heterocycles. The molecule has 0 aromatic carbocycles. The van der Waals surface area contributed by atoms with Gasteiger partial charge in [-0.1, -0.05) is 50.3 Å². The van der Waals surface area contributed by atoms with Crippen LogP contribution in [0.1, 0.15) is 27.2 Å². The smallest absolute Gasteiger partial charge is 0.123 e. The summed E-state index contributed by atoms with van der Waals surface area (Å²) in [7, 11) is 0. The number of allylic oxidation sites excluding steroid dienone is 5. The molecule has 0 aliphatic rings. The summed E-state index contributed by atoms with van der Waals surface area (Å²) in [6.07, 6.45) is 9.68. The predicted octanol–water partition coefficient (Wildman–Crippen LogP) is 3.54. The Kier molecular flexibility index (Phi) is 6.73. The van der Waals surface area contributed by atoms with Crippen molar-refractivity contribution in [3.05, 3.63) is 36.5 Å². The number of aldehydes is 1. The van der Waals surface area contributed by atoms with Gasteiger partial charge in [0.15, 0.2) is 0 Å². The normalized spacial score (nSPS) is 16.6. The maximum Gasteiger partial charge on any atom is 0.123 e. The van der Waals surface area contributed by atoms with E-state index in [1.54, 1.807) is 6.08 Å². The number of hydrogen-bond acceptors (Lipinski definition) is 1. The quantitative estimate of drug-likeness (QED) is 0.464. The summed E-state index contributed by atoms with van der Waals surface area (Å²) >= 11 is 0. The third-order valence-electron chi connectivity index (χ3n) is 2.48. The summed E-state index contributed by atoms with van der Waals surface area (Å²) in [4.78, 5) is 10.7. The lowest BCUT2D eigenvalue weighted by molar-refractivity contribution is -0.111. The minimum Gasteiger partial charge on any atom is -0.303 e. The van der Waals surface area contributed by atoms with Crippen LogP contribution >= 0.6 is 0 Å². The number of rotatable bonds is 6. The topological polar surface area (TPSA) is 17.1 Å². The zero-order valence-corrected chi connectivity index (χ0v) is 9.36. The van der Waals surface area contributed by atoms with Crippen molar-refractivity contribution in [2.24, 2.45) is 11.8 Å². The van der Waals surface area contributed by atoms with E-state index in [9.17, 15) is 4.79 Å². The van der Waals surface area contributed by atoms with Crippen molar-refractivity contribution in [2.75, 3.05) is 0 Å². The van der Waals surface area contributed by atoms with Crippen LogP contribution < -0.4 is 0 Å². The Hall–Kier alpha value is -1.11. The van der Waals surface area contributed by atoms with E-state index in [4.69, 9.17) is 0 Å². The minimum atomic E-state index is 0.105. The second-order valence-electron chi connectivity index (χ2n) is 3.54. The summed E-state index contributed by atoms with van der Waals surface area (Å²) in [6, 6.07) is 0. The van der Waals surface area contributed by atoms with E-state index in [1.165, 1.54) is 5.57 Å².